The monoisotopic (exact) mass is 403 g/mol. The number of anilines is 1. The number of benzene rings is 1. The lowest BCUT2D eigenvalue weighted by atomic mass is 9.67. The zero-order valence-electron chi connectivity index (χ0n) is 18.0. The molecular formula is C24H37NO2S. The molecule has 28 heavy (non-hydrogen) atoms. The van der Waals surface area contributed by atoms with E-state index in [2.05, 4.69) is 31.8 Å². The molecule has 1 N–H and O–H groups in total. The number of amides is 1. The van der Waals surface area contributed by atoms with Gasteiger partial charge in [0.25, 0.3) is 0 Å². The van der Waals surface area contributed by atoms with Gasteiger partial charge in [-0.15, -0.1) is 12.6 Å². The summed E-state index contributed by atoms with van der Waals surface area (Å²) in [5.74, 6) is 0.765. The van der Waals surface area contributed by atoms with E-state index in [9.17, 15) is 9.59 Å². The van der Waals surface area contributed by atoms with Gasteiger partial charge in [-0.3, -0.25) is 9.59 Å². The molecule has 0 unspecified atom stereocenters. The molecule has 0 aliphatic heterocycles. The lowest BCUT2D eigenvalue weighted by molar-refractivity contribution is -0.128. The largest absolute Gasteiger partial charge is 0.325 e. The fraction of sp³-hybridized carbons (Fsp3) is 0.667. The maximum Gasteiger partial charge on any atom is 0.230 e. The van der Waals surface area contributed by atoms with Crippen LogP contribution in [-0.2, 0) is 16.0 Å². The second-order valence-electron chi connectivity index (χ2n) is 9.20. The van der Waals surface area contributed by atoms with Crippen LogP contribution in [0, 0.1) is 16.7 Å². The van der Waals surface area contributed by atoms with Crippen molar-refractivity contribution in [3.8, 4) is 0 Å². The first kappa shape index (κ1) is 23.0. The molecule has 1 aromatic rings. The van der Waals surface area contributed by atoms with Crippen LogP contribution in [0.2, 0.25) is 0 Å². The van der Waals surface area contributed by atoms with Gasteiger partial charge >= 0.3 is 0 Å². The summed E-state index contributed by atoms with van der Waals surface area (Å²) in [6.07, 6.45) is 9.26. The van der Waals surface area contributed by atoms with E-state index in [0.29, 0.717) is 12.3 Å². The molecule has 1 aliphatic rings. The van der Waals surface area contributed by atoms with Crippen LogP contribution in [0.3, 0.4) is 0 Å². The molecule has 1 saturated carbocycles. The van der Waals surface area contributed by atoms with Crippen molar-refractivity contribution in [1.29, 1.82) is 0 Å². The van der Waals surface area contributed by atoms with Crippen molar-refractivity contribution in [1.82, 2.24) is 0 Å². The van der Waals surface area contributed by atoms with Crippen molar-refractivity contribution in [2.45, 2.75) is 85.5 Å². The summed E-state index contributed by atoms with van der Waals surface area (Å²) in [6, 6.07) is 7.87. The molecule has 0 radical (unpaired) electrons. The van der Waals surface area contributed by atoms with E-state index in [1.54, 1.807) is 0 Å². The van der Waals surface area contributed by atoms with Gasteiger partial charge in [0.05, 0.1) is 0 Å². The highest BCUT2D eigenvalue weighted by Gasteiger charge is 2.41. The molecule has 0 aromatic heterocycles. The third-order valence-electron chi connectivity index (χ3n) is 6.60. The molecule has 0 spiro atoms. The topological polar surface area (TPSA) is 46.2 Å². The number of carbonyl (C=O) groups is 2. The van der Waals surface area contributed by atoms with Crippen molar-refractivity contribution in [3.05, 3.63) is 29.8 Å². The Kier molecular flexibility index (Phi) is 8.18. The van der Waals surface area contributed by atoms with E-state index in [0.717, 1.165) is 56.2 Å². The lowest BCUT2D eigenvalue weighted by Gasteiger charge is -2.38. The van der Waals surface area contributed by atoms with E-state index < -0.39 is 5.41 Å². The molecule has 1 aliphatic carbocycles. The number of nitrogens with one attached hydrogen (secondary N) is 1. The predicted octanol–water partition coefficient (Wildman–Crippen LogP) is 6.43. The van der Waals surface area contributed by atoms with Crippen LogP contribution in [0.25, 0.3) is 0 Å². The summed E-state index contributed by atoms with van der Waals surface area (Å²) >= 11 is 4.04. The zero-order valence-corrected chi connectivity index (χ0v) is 18.9. The van der Waals surface area contributed by atoms with Gasteiger partial charge in [-0.1, -0.05) is 78.0 Å². The molecule has 0 saturated heterocycles. The first-order valence-corrected chi connectivity index (χ1v) is 11.3. The van der Waals surface area contributed by atoms with Crippen molar-refractivity contribution < 1.29 is 9.59 Å². The van der Waals surface area contributed by atoms with Crippen LogP contribution in [0.5, 0.6) is 0 Å². The second kappa shape index (κ2) is 9.96. The summed E-state index contributed by atoms with van der Waals surface area (Å²) in [5.41, 5.74) is 1.01. The average molecular weight is 404 g/mol. The Morgan fingerprint density at radius 2 is 1.71 bits per heavy atom. The molecule has 0 bridgehead atoms. The van der Waals surface area contributed by atoms with Crippen LogP contribution in [-0.4, -0.2) is 11.0 Å². The van der Waals surface area contributed by atoms with Gasteiger partial charge in [-0.25, -0.2) is 0 Å². The fourth-order valence-corrected chi connectivity index (χ4v) is 4.56. The third-order valence-corrected chi connectivity index (χ3v) is 7.21. The van der Waals surface area contributed by atoms with Crippen LogP contribution in [0.1, 0.15) is 84.6 Å². The molecule has 0 atom stereocenters. The van der Waals surface area contributed by atoms with E-state index in [-0.39, 0.29) is 16.4 Å². The molecule has 1 amide bonds. The highest BCUT2D eigenvalue weighted by atomic mass is 32.1. The summed E-state index contributed by atoms with van der Waals surface area (Å²) in [5, 5.41) is 3.13. The Bertz CT molecular complexity index is 673. The normalized spacial score (nSPS) is 16.8. The van der Waals surface area contributed by atoms with E-state index in [1.807, 2.05) is 38.1 Å². The standard InChI is InChI=1S/C24H37NO2S/c1-5-18(6-2)16-24(14-10-7-11-15-24)21(26)25-20-13-9-8-12-19(20)17-23(3,4)22(27)28/h8-9,12-13,18H,5-7,10-11,14-17H2,1-4H3,(H,25,26)(H,27,28). The van der Waals surface area contributed by atoms with Crippen molar-refractivity contribution >= 4 is 29.3 Å². The van der Waals surface area contributed by atoms with Gasteiger partial charge in [-0.05, 0) is 43.2 Å². The molecule has 0 heterocycles. The van der Waals surface area contributed by atoms with Crippen LogP contribution < -0.4 is 5.32 Å². The third kappa shape index (κ3) is 5.62. The molecule has 1 fully saturated rings. The van der Waals surface area contributed by atoms with Crippen molar-refractivity contribution in [3.63, 3.8) is 0 Å². The predicted molar refractivity (Wildman–Crippen MR) is 121 cm³/mol. The molecule has 1 aromatic carbocycles. The van der Waals surface area contributed by atoms with E-state index in [1.165, 1.54) is 6.42 Å². The molecule has 2 rings (SSSR count). The quantitative estimate of drug-likeness (QED) is 0.467. The summed E-state index contributed by atoms with van der Waals surface area (Å²) < 4.78 is 0. The number of carbonyl (C=O) groups excluding carboxylic acids is 2. The fourth-order valence-electron chi connectivity index (χ4n) is 4.49. The summed E-state index contributed by atoms with van der Waals surface area (Å²) in [6.45, 7) is 8.26. The first-order valence-electron chi connectivity index (χ1n) is 10.9. The minimum atomic E-state index is -0.567. The number of thiol groups is 1. The lowest BCUT2D eigenvalue weighted by Crippen LogP contribution is -2.40. The first-order chi connectivity index (χ1) is 13.2. The van der Waals surface area contributed by atoms with Gasteiger partial charge in [-0.2, -0.15) is 0 Å². The zero-order chi connectivity index (χ0) is 20.8. The maximum atomic E-state index is 13.5. The number of para-hydroxylation sites is 1. The Morgan fingerprint density at radius 1 is 1.11 bits per heavy atom. The highest BCUT2D eigenvalue weighted by molar-refractivity contribution is 7.96. The number of rotatable bonds is 9. The Labute approximate surface area is 176 Å². The Balaban J connectivity index is 2.25. The molecule has 3 nitrogen and oxygen atoms in total. The van der Waals surface area contributed by atoms with Gasteiger partial charge < -0.3 is 5.32 Å². The summed E-state index contributed by atoms with van der Waals surface area (Å²) in [7, 11) is 0. The Hall–Kier alpha value is -1.29. The van der Waals surface area contributed by atoms with Gasteiger partial charge in [0.1, 0.15) is 0 Å². The van der Waals surface area contributed by atoms with Crippen LogP contribution >= 0.6 is 12.6 Å². The number of hydrogen-bond donors (Lipinski definition) is 2. The van der Waals surface area contributed by atoms with Crippen molar-refractivity contribution in [2.75, 3.05) is 5.32 Å². The maximum absolute atomic E-state index is 13.5. The smallest absolute Gasteiger partial charge is 0.230 e. The highest BCUT2D eigenvalue weighted by Crippen LogP contribution is 2.44. The van der Waals surface area contributed by atoms with Gasteiger partial charge in [0.2, 0.25) is 5.91 Å². The molecule has 156 valence electrons. The van der Waals surface area contributed by atoms with E-state index >= 15 is 0 Å². The average Bonchev–Trinajstić information content (AvgIpc) is 2.68. The van der Waals surface area contributed by atoms with Crippen LogP contribution in [0.4, 0.5) is 5.69 Å². The molecular weight excluding hydrogens is 366 g/mol. The van der Waals surface area contributed by atoms with E-state index in [4.69, 9.17) is 0 Å². The molecule has 4 heteroatoms. The van der Waals surface area contributed by atoms with Gasteiger partial charge in [0.15, 0.2) is 5.12 Å². The van der Waals surface area contributed by atoms with Crippen LogP contribution in [0.15, 0.2) is 24.3 Å². The minimum Gasteiger partial charge on any atom is -0.325 e. The number of hydrogen-bond acceptors (Lipinski definition) is 2. The van der Waals surface area contributed by atoms with Crippen molar-refractivity contribution in [2.24, 2.45) is 16.7 Å². The van der Waals surface area contributed by atoms with Gasteiger partial charge in [0, 0.05) is 16.5 Å². The summed E-state index contributed by atoms with van der Waals surface area (Å²) in [4.78, 5) is 25.4. The minimum absolute atomic E-state index is 0.133. The Morgan fingerprint density at radius 3 is 2.29 bits per heavy atom. The second-order valence-corrected chi connectivity index (χ2v) is 9.61. The SMILES string of the molecule is CCC(CC)CC1(C(=O)Nc2ccccc2CC(C)(C)C(=O)S)CCCCC1.